The Bertz CT molecular complexity index is 155. The van der Waals surface area contributed by atoms with E-state index in [0.29, 0.717) is 5.41 Å². The summed E-state index contributed by atoms with van der Waals surface area (Å²) in [6.45, 7) is 9.60. The third kappa shape index (κ3) is 1.27. The molecule has 2 heterocycles. The molecule has 0 unspecified atom stereocenters. The van der Waals surface area contributed by atoms with Crippen molar-refractivity contribution in [2.45, 2.75) is 20.3 Å². The monoisotopic (exact) mass is 168 g/mol. The molecule has 0 saturated carbocycles. The van der Waals surface area contributed by atoms with E-state index in [9.17, 15) is 0 Å². The molecule has 2 rings (SSSR count). The van der Waals surface area contributed by atoms with Crippen molar-refractivity contribution < 1.29 is 0 Å². The molecule has 2 aliphatic rings. The molecule has 2 N–H and O–H groups in total. The van der Waals surface area contributed by atoms with E-state index < -0.39 is 0 Å². The van der Waals surface area contributed by atoms with Gasteiger partial charge >= 0.3 is 0 Å². The topological polar surface area (TPSA) is 24.1 Å². The Hall–Kier alpha value is -0.0800. The molecule has 2 fully saturated rings. The number of hydrogen-bond acceptors (Lipinski definition) is 2. The minimum absolute atomic E-state index is 0.557. The van der Waals surface area contributed by atoms with Crippen LogP contribution in [-0.2, 0) is 0 Å². The molecular formula is C10H20N2. The van der Waals surface area contributed by atoms with Crippen LogP contribution in [0.25, 0.3) is 0 Å². The molecule has 2 bridgehead atoms. The molecule has 0 aromatic heterocycles. The molecule has 0 aromatic rings. The Morgan fingerprint density at radius 2 is 1.75 bits per heavy atom. The lowest BCUT2D eigenvalue weighted by Gasteiger charge is -2.48. The van der Waals surface area contributed by atoms with Crippen LogP contribution in [0.3, 0.4) is 0 Å². The molecule has 0 aromatic carbocycles. The first-order valence-electron chi connectivity index (χ1n) is 5.14. The van der Waals surface area contributed by atoms with Gasteiger partial charge in [-0.25, -0.2) is 0 Å². The Morgan fingerprint density at radius 1 is 1.17 bits per heavy atom. The highest BCUT2D eigenvalue weighted by Gasteiger charge is 2.41. The minimum atomic E-state index is 0.557. The fraction of sp³-hybridized carbons (Fsp3) is 1.00. The highest BCUT2D eigenvalue weighted by Crippen LogP contribution is 2.38. The van der Waals surface area contributed by atoms with E-state index in [2.05, 4.69) is 24.5 Å². The van der Waals surface area contributed by atoms with Gasteiger partial charge in [0.15, 0.2) is 0 Å². The van der Waals surface area contributed by atoms with Gasteiger partial charge in [-0.2, -0.15) is 0 Å². The summed E-state index contributed by atoms with van der Waals surface area (Å²) in [7, 11) is 0. The molecule has 0 radical (unpaired) electrons. The van der Waals surface area contributed by atoms with Crippen LogP contribution in [0.1, 0.15) is 20.3 Å². The highest BCUT2D eigenvalue weighted by atomic mass is 15.0. The molecule has 0 atom stereocenters. The lowest BCUT2D eigenvalue weighted by Crippen LogP contribution is -2.58. The van der Waals surface area contributed by atoms with Crippen molar-refractivity contribution in [1.29, 1.82) is 0 Å². The lowest BCUT2D eigenvalue weighted by molar-refractivity contribution is 0.0644. The lowest BCUT2D eigenvalue weighted by atomic mass is 9.67. The van der Waals surface area contributed by atoms with Gasteiger partial charge < -0.3 is 10.6 Å². The summed E-state index contributed by atoms with van der Waals surface area (Å²) >= 11 is 0. The molecule has 2 nitrogen and oxygen atoms in total. The SMILES string of the molecule is CC(C)C12CNCC(CNC1)C2. The van der Waals surface area contributed by atoms with Crippen molar-refractivity contribution in [1.82, 2.24) is 10.6 Å². The van der Waals surface area contributed by atoms with Crippen LogP contribution in [0.5, 0.6) is 0 Å². The van der Waals surface area contributed by atoms with E-state index in [1.807, 2.05) is 0 Å². The van der Waals surface area contributed by atoms with Crippen LogP contribution in [0, 0.1) is 17.3 Å². The van der Waals surface area contributed by atoms with Gasteiger partial charge in [-0.3, -0.25) is 0 Å². The van der Waals surface area contributed by atoms with Gasteiger partial charge in [0.1, 0.15) is 0 Å². The van der Waals surface area contributed by atoms with E-state index in [4.69, 9.17) is 0 Å². The zero-order valence-electron chi connectivity index (χ0n) is 8.19. The van der Waals surface area contributed by atoms with Crippen LogP contribution in [0.4, 0.5) is 0 Å². The predicted molar refractivity (Wildman–Crippen MR) is 51.1 cm³/mol. The van der Waals surface area contributed by atoms with Crippen molar-refractivity contribution >= 4 is 0 Å². The van der Waals surface area contributed by atoms with E-state index in [1.165, 1.54) is 32.6 Å². The quantitative estimate of drug-likeness (QED) is 0.606. The van der Waals surface area contributed by atoms with E-state index in [1.54, 1.807) is 0 Å². The zero-order chi connectivity index (χ0) is 8.60. The first kappa shape index (κ1) is 8.52. The summed E-state index contributed by atoms with van der Waals surface area (Å²) < 4.78 is 0. The molecule has 0 spiro atoms. The Kier molecular flexibility index (Phi) is 2.13. The molecule has 2 heteroatoms. The smallest absolute Gasteiger partial charge is 0.00227 e. The van der Waals surface area contributed by atoms with Gasteiger partial charge in [-0.1, -0.05) is 13.8 Å². The second-order valence-electron chi connectivity index (χ2n) is 4.85. The normalized spacial score (nSPS) is 41.8. The average molecular weight is 168 g/mol. The van der Waals surface area contributed by atoms with Crippen molar-refractivity contribution in [3.63, 3.8) is 0 Å². The van der Waals surface area contributed by atoms with Gasteiger partial charge in [0.25, 0.3) is 0 Å². The Labute approximate surface area is 75.1 Å². The van der Waals surface area contributed by atoms with Crippen LogP contribution < -0.4 is 10.6 Å². The largest absolute Gasteiger partial charge is 0.316 e. The maximum atomic E-state index is 3.57. The van der Waals surface area contributed by atoms with E-state index in [0.717, 1.165) is 11.8 Å². The van der Waals surface area contributed by atoms with Crippen LogP contribution in [0.2, 0.25) is 0 Å². The van der Waals surface area contributed by atoms with Gasteiger partial charge in [0.2, 0.25) is 0 Å². The molecule has 0 aliphatic carbocycles. The predicted octanol–water partition coefficient (Wildman–Crippen LogP) is 0.842. The van der Waals surface area contributed by atoms with Crippen molar-refractivity contribution in [2.24, 2.45) is 17.3 Å². The number of fused-ring (bicyclic) bond motifs is 2. The molecule has 2 saturated heterocycles. The standard InChI is InChI=1S/C10H20N2/c1-8(2)10-3-9(4-11-6-10)5-12-7-10/h8-9,11-12H,3-7H2,1-2H3. The van der Waals surface area contributed by atoms with Crippen LogP contribution >= 0.6 is 0 Å². The summed E-state index contributed by atoms with van der Waals surface area (Å²) in [5, 5.41) is 7.14. The van der Waals surface area contributed by atoms with Crippen molar-refractivity contribution in [3.05, 3.63) is 0 Å². The zero-order valence-corrected chi connectivity index (χ0v) is 8.19. The number of piperidine rings is 2. The van der Waals surface area contributed by atoms with Gasteiger partial charge in [0.05, 0.1) is 0 Å². The second-order valence-corrected chi connectivity index (χ2v) is 4.85. The number of nitrogens with one attached hydrogen (secondary N) is 2. The molecule has 2 aliphatic heterocycles. The van der Waals surface area contributed by atoms with Crippen LogP contribution in [-0.4, -0.2) is 26.2 Å². The number of rotatable bonds is 1. The van der Waals surface area contributed by atoms with Gasteiger partial charge in [-0.05, 0) is 36.8 Å². The Balaban J connectivity index is 2.12. The molecule has 70 valence electrons. The molecular weight excluding hydrogens is 148 g/mol. The first-order chi connectivity index (χ1) is 5.73. The second kappa shape index (κ2) is 3.00. The average Bonchev–Trinajstić information content (AvgIpc) is 2.04. The fourth-order valence-corrected chi connectivity index (χ4v) is 2.69. The van der Waals surface area contributed by atoms with E-state index in [-0.39, 0.29) is 0 Å². The summed E-state index contributed by atoms with van der Waals surface area (Å²) in [5.74, 6) is 1.69. The number of hydrogen-bond donors (Lipinski definition) is 2. The van der Waals surface area contributed by atoms with Crippen molar-refractivity contribution in [3.8, 4) is 0 Å². The maximum Gasteiger partial charge on any atom is 0.00227 e. The summed E-state index contributed by atoms with van der Waals surface area (Å²) in [6, 6.07) is 0. The third-order valence-corrected chi connectivity index (χ3v) is 3.74. The van der Waals surface area contributed by atoms with Gasteiger partial charge in [-0.15, -0.1) is 0 Å². The highest BCUT2D eigenvalue weighted by molar-refractivity contribution is 4.96. The maximum absolute atomic E-state index is 3.57. The third-order valence-electron chi connectivity index (χ3n) is 3.74. The van der Waals surface area contributed by atoms with Crippen molar-refractivity contribution in [2.75, 3.05) is 26.2 Å². The van der Waals surface area contributed by atoms with Crippen LogP contribution in [0.15, 0.2) is 0 Å². The molecule has 12 heavy (non-hydrogen) atoms. The van der Waals surface area contributed by atoms with Gasteiger partial charge in [0, 0.05) is 13.1 Å². The molecule has 0 amide bonds. The minimum Gasteiger partial charge on any atom is -0.316 e. The summed E-state index contributed by atoms with van der Waals surface area (Å²) in [6.07, 6.45) is 1.44. The summed E-state index contributed by atoms with van der Waals surface area (Å²) in [4.78, 5) is 0. The van der Waals surface area contributed by atoms with E-state index >= 15 is 0 Å². The fourth-order valence-electron chi connectivity index (χ4n) is 2.69. The Morgan fingerprint density at radius 3 is 2.17 bits per heavy atom. The first-order valence-corrected chi connectivity index (χ1v) is 5.14. The summed E-state index contributed by atoms with van der Waals surface area (Å²) in [5.41, 5.74) is 0.557.